The first kappa shape index (κ1) is 9.81. The number of alkyl halides is 3. The van der Waals surface area contributed by atoms with E-state index in [1.165, 1.54) is 17.3 Å². The summed E-state index contributed by atoms with van der Waals surface area (Å²) in [7, 11) is 0. The molecular formula is C8H3F3OS. The van der Waals surface area contributed by atoms with Crippen molar-refractivity contribution in [1.29, 1.82) is 0 Å². The maximum Gasteiger partial charge on any atom is 0.462 e. The quantitative estimate of drug-likeness (QED) is 0.592. The van der Waals surface area contributed by atoms with Crippen molar-refractivity contribution >= 4 is 17.1 Å². The van der Waals surface area contributed by atoms with Crippen molar-refractivity contribution in [2.75, 3.05) is 0 Å². The van der Waals surface area contributed by atoms with E-state index < -0.39 is 12.0 Å². The molecule has 0 saturated carbocycles. The Morgan fingerprint density at radius 2 is 2.15 bits per heavy atom. The number of ketones is 1. The molecule has 1 aromatic heterocycles. The van der Waals surface area contributed by atoms with Gasteiger partial charge in [0.2, 0.25) is 0 Å². The Labute approximate surface area is 76.2 Å². The lowest BCUT2D eigenvalue weighted by molar-refractivity contribution is -0.164. The number of hydrogen-bond donors (Lipinski definition) is 0. The zero-order chi connectivity index (χ0) is 9.90. The van der Waals surface area contributed by atoms with Gasteiger partial charge in [0.05, 0.1) is 4.88 Å². The molecule has 1 rings (SSSR count). The maximum absolute atomic E-state index is 11.6. The molecule has 68 valence electrons. The first-order valence-corrected chi connectivity index (χ1v) is 4.05. The van der Waals surface area contributed by atoms with E-state index in [1.54, 1.807) is 17.5 Å². The molecule has 0 unspecified atom stereocenters. The van der Waals surface area contributed by atoms with Gasteiger partial charge in [0.15, 0.2) is 0 Å². The molecule has 0 radical (unpaired) electrons. The topological polar surface area (TPSA) is 17.1 Å². The highest BCUT2D eigenvalue weighted by molar-refractivity contribution is 7.10. The van der Waals surface area contributed by atoms with Crippen molar-refractivity contribution < 1.29 is 18.0 Å². The van der Waals surface area contributed by atoms with E-state index in [0.717, 1.165) is 0 Å². The smallest absolute Gasteiger partial charge is 0.275 e. The Balaban J connectivity index is 2.74. The zero-order valence-electron chi connectivity index (χ0n) is 6.18. The van der Waals surface area contributed by atoms with Crippen molar-refractivity contribution in [3.63, 3.8) is 0 Å². The molecule has 0 atom stereocenters. The first-order valence-electron chi connectivity index (χ1n) is 3.17. The van der Waals surface area contributed by atoms with E-state index in [-0.39, 0.29) is 0 Å². The van der Waals surface area contributed by atoms with Gasteiger partial charge in [0, 0.05) is 0 Å². The first-order chi connectivity index (χ1) is 6.00. The van der Waals surface area contributed by atoms with Gasteiger partial charge in [-0.2, -0.15) is 13.2 Å². The fourth-order valence-electron chi connectivity index (χ4n) is 0.539. The van der Waals surface area contributed by atoms with Gasteiger partial charge in [0.25, 0.3) is 0 Å². The van der Waals surface area contributed by atoms with Crippen LogP contribution in [-0.2, 0) is 4.79 Å². The van der Waals surface area contributed by atoms with E-state index in [4.69, 9.17) is 0 Å². The Kier molecular flexibility index (Phi) is 2.73. The molecule has 1 heterocycles. The van der Waals surface area contributed by atoms with Crippen molar-refractivity contribution in [1.82, 2.24) is 0 Å². The lowest BCUT2D eigenvalue weighted by Gasteiger charge is -1.95. The van der Waals surface area contributed by atoms with Crippen LogP contribution in [0.25, 0.3) is 0 Å². The van der Waals surface area contributed by atoms with Gasteiger partial charge in [-0.05, 0) is 23.3 Å². The highest BCUT2D eigenvalue weighted by atomic mass is 32.1. The number of Topliss-reactive ketones (excluding diaryl/α,β-unsaturated/α-hetero) is 1. The van der Waals surface area contributed by atoms with Gasteiger partial charge in [-0.3, -0.25) is 4.79 Å². The largest absolute Gasteiger partial charge is 0.462 e. The predicted octanol–water partition coefficient (Wildman–Crippen LogP) is 2.23. The standard InChI is InChI=1S/C8H3F3OS/c9-8(10,11)7(12)4-3-6-2-1-5-13-6/h1-2,5H. The van der Waals surface area contributed by atoms with Crippen LogP contribution in [0.15, 0.2) is 17.5 Å². The van der Waals surface area contributed by atoms with Crippen molar-refractivity contribution in [3.8, 4) is 11.8 Å². The Hall–Kier alpha value is -1.28. The SMILES string of the molecule is O=C(C#Cc1cccs1)C(F)(F)F. The van der Waals surface area contributed by atoms with Crippen LogP contribution in [0.4, 0.5) is 13.2 Å². The van der Waals surface area contributed by atoms with E-state index >= 15 is 0 Å². The summed E-state index contributed by atoms with van der Waals surface area (Å²) in [5, 5.41) is 1.67. The normalized spacial score (nSPS) is 10.4. The summed E-state index contributed by atoms with van der Waals surface area (Å²) in [6.07, 6.45) is -4.86. The van der Waals surface area contributed by atoms with Crippen LogP contribution in [0.5, 0.6) is 0 Å². The summed E-state index contributed by atoms with van der Waals surface area (Å²) < 4.78 is 34.9. The lowest BCUT2D eigenvalue weighted by Crippen LogP contribution is -2.20. The third-order valence-corrected chi connectivity index (χ3v) is 1.86. The van der Waals surface area contributed by atoms with E-state index in [0.29, 0.717) is 4.88 Å². The Bertz CT molecular complexity index is 353. The van der Waals surface area contributed by atoms with E-state index in [1.807, 2.05) is 0 Å². The molecule has 0 aliphatic rings. The minimum Gasteiger partial charge on any atom is -0.275 e. The summed E-state index contributed by atoms with van der Waals surface area (Å²) in [5.41, 5.74) is 0. The molecule has 0 fully saturated rings. The lowest BCUT2D eigenvalue weighted by atomic mass is 10.3. The molecule has 0 saturated heterocycles. The third kappa shape index (κ3) is 2.92. The minimum absolute atomic E-state index is 0.442. The highest BCUT2D eigenvalue weighted by Gasteiger charge is 2.37. The average molecular weight is 204 g/mol. The van der Waals surface area contributed by atoms with Gasteiger partial charge in [-0.15, -0.1) is 11.3 Å². The van der Waals surface area contributed by atoms with Gasteiger partial charge in [0.1, 0.15) is 0 Å². The monoisotopic (exact) mass is 204 g/mol. The summed E-state index contributed by atoms with van der Waals surface area (Å²) in [4.78, 5) is 10.7. The maximum atomic E-state index is 11.6. The van der Waals surface area contributed by atoms with Crippen LogP contribution < -0.4 is 0 Å². The third-order valence-electron chi connectivity index (χ3n) is 1.08. The summed E-state index contributed by atoms with van der Waals surface area (Å²) >= 11 is 1.18. The van der Waals surface area contributed by atoms with Crippen LogP contribution in [0, 0.1) is 11.8 Å². The molecule has 5 heteroatoms. The molecule has 1 nitrogen and oxygen atoms in total. The number of thiophene rings is 1. The average Bonchev–Trinajstić information content (AvgIpc) is 2.50. The van der Waals surface area contributed by atoms with Crippen LogP contribution in [0.2, 0.25) is 0 Å². The van der Waals surface area contributed by atoms with Crippen molar-refractivity contribution in [3.05, 3.63) is 22.4 Å². The number of halogens is 3. The van der Waals surface area contributed by atoms with Crippen molar-refractivity contribution in [2.45, 2.75) is 6.18 Å². The number of carbonyl (C=O) groups excluding carboxylic acids is 1. The van der Waals surface area contributed by atoms with E-state index in [2.05, 4.69) is 5.92 Å². The van der Waals surface area contributed by atoms with Gasteiger partial charge >= 0.3 is 12.0 Å². The second kappa shape index (κ2) is 3.62. The van der Waals surface area contributed by atoms with Crippen LogP contribution in [-0.4, -0.2) is 12.0 Å². The number of carbonyl (C=O) groups is 1. The van der Waals surface area contributed by atoms with Gasteiger partial charge < -0.3 is 0 Å². The van der Waals surface area contributed by atoms with E-state index in [9.17, 15) is 18.0 Å². The van der Waals surface area contributed by atoms with Crippen LogP contribution in [0.3, 0.4) is 0 Å². The second-order valence-corrected chi connectivity index (χ2v) is 3.00. The Morgan fingerprint density at radius 1 is 1.46 bits per heavy atom. The summed E-state index contributed by atoms with van der Waals surface area (Å²) in [6.45, 7) is 0. The van der Waals surface area contributed by atoms with Gasteiger partial charge in [-0.1, -0.05) is 6.07 Å². The fraction of sp³-hybridized carbons (Fsp3) is 0.125. The fourth-order valence-corrected chi connectivity index (χ4v) is 1.11. The molecular weight excluding hydrogens is 201 g/mol. The van der Waals surface area contributed by atoms with Crippen molar-refractivity contribution in [2.24, 2.45) is 0 Å². The van der Waals surface area contributed by atoms with Crippen LogP contribution >= 0.6 is 11.3 Å². The molecule has 1 aromatic rings. The number of rotatable bonds is 0. The predicted molar refractivity (Wildman–Crippen MR) is 42.3 cm³/mol. The molecule has 0 aliphatic carbocycles. The highest BCUT2D eigenvalue weighted by Crippen LogP contribution is 2.15. The molecule has 13 heavy (non-hydrogen) atoms. The summed E-state index contributed by atoms with van der Waals surface area (Å²) in [6, 6.07) is 3.19. The molecule has 0 spiro atoms. The Morgan fingerprint density at radius 3 is 2.62 bits per heavy atom. The molecule has 0 amide bonds. The molecule has 0 bridgehead atoms. The summed E-state index contributed by atoms with van der Waals surface area (Å²) in [5.74, 6) is 1.64. The number of hydrogen-bond acceptors (Lipinski definition) is 2. The molecule has 0 aromatic carbocycles. The minimum atomic E-state index is -4.86. The molecule has 0 N–H and O–H groups in total. The van der Waals surface area contributed by atoms with Crippen LogP contribution in [0.1, 0.15) is 4.88 Å². The zero-order valence-corrected chi connectivity index (χ0v) is 7.00. The van der Waals surface area contributed by atoms with Gasteiger partial charge in [-0.25, -0.2) is 0 Å². The molecule has 0 aliphatic heterocycles. The second-order valence-electron chi connectivity index (χ2n) is 2.05.